The summed E-state index contributed by atoms with van der Waals surface area (Å²) < 4.78 is 40.9. The Hall–Kier alpha value is -1.77. The van der Waals surface area contributed by atoms with Crippen molar-refractivity contribution in [2.45, 2.75) is 32.6 Å². The molecule has 0 fully saturated rings. The van der Waals surface area contributed by atoms with Crippen molar-refractivity contribution in [3.8, 4) is 0 Å². The Morgan fingerprint density at radius 2 is 1.78 bits per heavy atom. The minimum absolute atomic E-state index is 0.114. The van der Waals surface area contributed by atoms with Gasteiger partial charge < -0.3 is 5.32 Å². The van der Waals surface area contributed by atoms with Gasteiger partial charge in [-0.1, -0.05) is 13.8 Å². The van der Waals surface area contributed by atoms with Gasteiger partial charge in [-0.25, -0.2) is 12.8 Å². The van der Waals surface area contributed by atoms with E-state index >= 15 is 0 Å². The van der Waals surface area contributed by atoms with Crippen LogP contribution >= 0.6 is 15.9 Å². The Morgan fingerprint density at radius 1 is 1.15 bits per heavy atom. The SMILES string of the molecule is CCN(CC)S(=O)(=O)c1cc(C)c(C)c(NC(=O)c2cc(F)ccc2Br)c1. The van der Waals surface area contributed by atoms with Crippen LogP contribution in [-0.4, -0.2) is 31.7 Å². The highest BCUT2D eigenvalue weighted by Gasteiger charge is 2.24. The second-order valence-corrected chi connectivity index (χ2v) is 8.87. The third-order valence-corrected chi connectivity index (χ3v) is 7.12. The summed E-state index contributed by atoms with van der Waals surface area (Å²) in [5.74, 6) is -1.06. The standard InChI is InChI=1S/C19H22BrFN2O3S/c1-5-23(6-2)27(25,26)15-9-12(3)13(4)18(11-15)22-19(24)16-10-14(21)7-8-17(16)20/h7-11H,5-6H2,1-4H3,(H,22,24). The topological polar surface area (TPSA) is 66.5 Å². The number of halogens is 2. The molecule has 0 heterocycles. The summed E-state index contributed by atoms with van der Waals surface area (Å²) in [6, 6.07) is 6.85. The van der Waals surface area contributed by atoms with Crippen molar-refractivity contribution in [2.75, 3.05) is 18.4 Å². The lowest BCUT2D eigenvalue weighted by atomic mass is 10.1. The fourth-order valence-electron chi connectivity index (χ4n) is 2.68. The number of benzene rings is 2. The highest BCUT2D eigenvalue weighted by atomic mass is 79.9. The average Bonchev–Trinajstić information content (AvgIpc) is 2.61. The Kier molecular flexibility index (Phi) is 6.77. The molecule has 0 aromatic heterocycles. The Labute approximate surface area is 167 Å². The average molecular weight is 457 g/mol. The van der Waals surface area contributed by atoms with Crippen LogP contribution in [0, 0.1) is 19.7 Å². The van der Waals surface area contributed by atoms with Gasteiger partial charge >= 0.3 is 0 Å². The maximum absolute atomic E-state index is 13.5. The van der Waals surface area contributed by atoms with E-state index in [2.05, 4.69) is 21.2 Å². The van der Waals surface area contributed by atoms with Crippen LogP contribution in [0.5, 0.6) is 0 Å². The van der Waals surface area contributed by atoms with E-state index in [-0.39, 0.29) is 10.5 Å². The number of amides is 1. The van der Waals surface area contributed by atoms with Gasteiger partial charge in [-0.3, -0.25) is 4.79 Å². The molecule has 1 amide bonds. The molecule has 0 unspecified atom stereocenters. The molecule has 0 saturated carbocycles. The first-order valence-electron chi connectivity index (χ1n) is 8.49. The molecule has 0 radical (unpaired) electrons. The monoisotopic (exact) mass is 456 g/mol. The molecule has 0 atom stereocenters. The number of anilines is 1. The first kappa shape index (κ1) is 21.5. The van der Waals surface area contributed by atoms with Crippen LogP contribution in [0.1, 0.15) is 35.3 Å². The minimum Gasteiger partial charge on any atom is -0.322 e. The van der Waals surface area contributed by atoms with E-state index in [0.29, 0.717) is 23.2 Å². The zero-order valence-electron chi connectivity index (χ0n) is 15.6. The quantitative estimate of drug-likeness (QED) is 0.696. The zero-order valence-corrected chi connectivity index (χ0v) is 18.0. The maximum atomic E-state index is 13.5. The summed E-state index contributed by atoms with van der Waals surface area (Å²) in [6.45, 7) is 7.82. The predicted octanol–water partition coefficient (Wildman–Crippen LogP) is 4.49. The van der Waals surface area contributed by atoms with Gasteiger partial charge in [-0.15, -0.1) is 0 Å². The normalized spacial score (nSPS) is 11.7. The van der Waals surface area contributed by atoms with Crippen molar-refractivity contribution in [2.24, 2.45) is 0 Å². The van der Waals surface area contributed by atoms with E-state index in [1.807, 2.05) is 0 Å². The third-order valence-electron chi connectivity index (χ3n) is 4.41. The summed E-state index contributed by atoms with van der Waals surface area (Å²) in [5.41, 5.74) is 1.98. The number of rotatable bonds is 6. The van der Waals surface area contributed by atoms with Gasteiger partial charge in [-0.05, 0) is 71.2 Å². The van der Waals surface area contributed by atoms with Crippen molar-refractivity contribution in [3.05, 3.63) is 57.3 Å². The molecule has 27 heavy (non-hydrogen) atoms. The van der Waals surface area contributed by atoms with Crippen molar-refractivity contribution >= 4 is 37.5 Å². The summed E-state index contributed by atoms with van der Waals surface area (Å²) >= 11 is 3.23. The van der Waals surface area contributed by atoms with E-state index < -0.39 is 21.7 Å². The van der Waals surface area contributed by atoms with Crippen LogP contribution in [0.3, 0.4) is 0 Å². The zero-order chi connectivity index (χ0) is 20.4. The number of nitrogens with one attached hydrogen (secondary N) is 1. The second-order valence-electron chi connectivity index (χ2n) is 6.08. The molecule has 0 saturated heterocycles. The molecule has 2 rings (SSSR count). The summed E-state index contributed by atoms with van der Waals surface area (Å²) in [7, 11) is -3.67. The van der Waals surface area contributed by atoms with Gasteiger partial charge in [0.25, 0.3) is 5.91 Å². The van der Waals surface area contributed by atoms with Crippen LogP contribution in [0.2, 0.25) is 0 Å². The number of sulfonamides is 1. The van der Waals surface area contributed by atoms with Crippen LogP contribution in [0.4, 0.5) is 10.1 Å². The summed E-state index contributed by atoms with van der Waals surface area (Å²) in [6.07, 6.45) is 0. The number of hydrogen-bond acceptors (Lipinski definition) is 3. The lowest BCUT2D eigenvalue weighted by Gasteiger charge is -2.20. The lowest BCUT2D eigenvalue weighted by molar-refractivity contribution is 0.102. The van der Waals surface area contributed by atoms with E-state index in [1.165, 1.54) is 22.5 Å². The van der Waals surface area contributed by atoms with Gasteiger partial charge in [0.15, 0.2) is 0 Å². The van der Waals surface area contributed by atoms with E-state index in [0.717, 1.165) is 17.2 Å². The van der Waals surface area contributed by atoms with E-state index in [4.69, 9.17) is 0 Å². The molecule has 2 aromatic carbocycles. The number of carbonyl (C=O) groups excluding carboxylic acids is 1. The molecule has 0 spiro atoms. The van der Waals surface area contributed by atoms with Gasteiger partial charge in [0.2, 0.25) is 10.0 Å². The Bertz CT molecular complexity index is 973. The van der Waals surface area contributed by atoms with Crippen molar-refractivity contribution in [1.82, 2.24) is 4.31 Å². The number of carbonyl (C=O) groups is 1. The van der Waals surface area contributed by atoms with Crippen molar-refractivity contribution < 1.29 is 17.6 Å². The highest BCUT2D eigenvalue weighted by Crippen LogP contribution is 2.27. The third kappa shape index (κ3) is 4.56. The molecule has 1 N–H and O–H groups in total. The molecule has 146 valence electrons. The fourth-order valence-corrected chi connectivity index (χ4v) is 4.68. The fraction of sp³-hybridized carbons (Fsp3) is 0.316. The highest BCUT2D eigenvalue weighted by molar-refractivity contribution is 9.10. The van der Waals surface area contributed by atoms with Gasteiger partial charge in [0.1, 0.15) is 5.82 Å². The van der Waals surface area contributed by atoms with Crippen LogP contribution in [0.25, 0.3) is 0 Å². The smallest absolute Gasteiger partial charge is 0.256 e. The molecular weight excluding hydrogens is 435 g/mol. The molecule has 5 nitrogen and oxygen atoms in total. The Morgan fingerprint density at radius 3 is 2.37 bits per heavy atom. The number of aryl methyl sites for hydroxylation is 1. The van der Waals surface area contributed by atoms with Gasteiger partial charge in [0, 0.05) is 23.2 Å². The first-order valence-corrected chi connectivity index (χ1v) is 10.7. The molecule has 0 aliphatic carbocycles. The Balaban J connectivity index is 2.47. The van der Waals surface area contributed by atoms with Crippen LogP contribution in [-0.2, 0) is 10.0 Å². The summed E-state index contributed by atoms with van der Waals surface area (Å²) in [5, 5.41) is 2.70. The van der Waals surface area contributed by atoms with E-state index in [1.54, 1.807) is 33.8 Å². The van der Waals surface area contributed by atoms with Crippen molar-refractivity contribution in [1.29, 1.82) is 0 Å². The largest absolute Gasteiger partial charge is 0.322 e. The van der Waals surface area contributed by atoms with E-state index in [9.17, 15) is 17.6 Å². The minimum atomic E-state index is -3.67. The van der Waals surface area contributed by atoms with Gasteiger partial charge in [-0.2, -0.15) is 4.31 Å². The van der Waals surface area contributed by atoms with Crippen LogP contribution < -0.4 is 5.32 Å². The molecule has 0 aliphatic rings. The molecule has 0 bridgehead atoms. The molecule has 0 aliphatic heterocycles. The summed E-state index contributed by atoms with van der Waals surface area (Å²) in [4.78, 5) is 12.7. The van der Waals surface area contributed by atoms with Crippen molar-refractivity contribution in [3.63, 3.8) is 0 Å². The molecule has 2 aromatic rings. The lowest BCUT2D eigenvalue weighted by Crippen LogP contribution is -2.30. The predicted molar refractivity (Wildman–Crippen MR) is 108 cm³/mol. The first-order chi connectivity index (χ1) is 12.6. The maximum Gasteiger partial charge on any atom is 0.256 e. The van der Waals surface area contributed by atoms with Crippen LogP contribution in [0.15, 0.2) is 39.7 Å². The number of nitrogens with zero attached hydrogens (tertiary/aromatic N) is 1. The van der Waals surface area contributed by atoms with Gasteiger partial charge in [0.05, 0.1) is 10.5 Å². The number of hydrogen-bond donors (Lipinski definition) is 1. The second kappa shape index (κ2) is 8.50. The molecule has 8 heteroatoms. The molecular formula is C19H22BrFN2O3S.